The predicted molar refractivity (Wildman–Crippen MR) is 71.2 cm³/mol. The van der Waals surface area contributed by atoms with E-state index in [0.717, 1.165) is 25.0 Å². The fraction of sp³-hybridized carbons (Fsp3) is 0.538. The van der Waals surface area contributed by atoms with Crippen LogP contribution in [0.4, 0.5) is 4.39 Å². The van der Waals surface area contributed by atoms with Crippen LogP contribution in [0.15, 0.2) is 18.3 Å². The fourth-order valence-electron chi connectivity index (χ4n) is 2.31. The van der Waals surface area contributed by atoms with Gasteiger partial charge in [0.15, 0.2) is 0 Å². The third kappa shape index (κ3) is 3.02. The van der Waals surface area contributed by atoms with Gasteiger partial charge in [-0.25, -0.2) is 4.98 Å². The maximum Gasteiger partial charge on any atom is 0.256 e. The van der Waals surface area contributed by atoms with Gasteiger partial charge in [-0.3, -0.25) is 4.79 Å². The minimum absolute atomic E-state index is 0.0321. The molecule has 3 nitrogen and oxygen atoms in total. The Kier molecular flexibility index (Phi) is 4.58. The lowest BCUT2D eigenvalue weighted by atomic mass is 10.2. The molecule has 1 saturated carbocycles. The largest absolute Gasteiger partial charge is 0.348 e. The molecule has 1 aromatic heterocycles. The van der Waals surface area contributed by atoms with Crippen molar-refractivity contribution < 1.29 is 9.18 Å². The van der Waals surface area contributed by atoms with Crippen molar-refractivity contribution in [3.63, 3.8) is 0 Å². The maximum atomic E-state index is 13.4. The molecule has 18 heavy (non-hydrogen) atoms. The van der Waals surface area contributed by atoms with Gasteiger partial charge in [0.25, 0.3) is 5.91 Å². The highest BCUT2D eigenvalue weighted by molar-refractivity contribution is 7.99. The van der Waals surface area contributed by atoms with Crippen LogP contribution in [0.2, 0.25) is 0 Å². The average Bonchev–Trinajstić information content (AvgIpc) is 2.78. The SMILES string of the molecule is CCSC1CCCC1NC(=O)c1cccnc1F. The molecule has 0 saturated heterocycles. The number of carbonyl (C=O) groups excluding carboxylic acids is 1. The molecule has 5 heteroatoms. The normalized spacial score (nSPS) is 23.0. The first-order valence-electron chi connectivity index (χ1n) is 6.25. The molecule has 0 aromatic carbocycles. The summed E-state index contributed by atoms with van der Waals surface area (Å²) in [7, 11) is 0. The van der Waals surface area contributed by atoms with Crippen LogP contribution in [0.1, 0.15) is 36.5 Å². The Hall–Kier alpha value is -1.10. The van der Waals surface area contributed by atoms with Gasteiger partial charge in [-0.1, -0.05) is 13.3 Å². The molecule has 0 spiro atoms. The fourth-order valence-corrected chi connectivity index (χ4v) is 3.50. The number of rotatable bonds is 4. The topological polar surface area (TPSA) is 42.0 Å². The quantitative estimate of drug-likeness (QED) is 0.854. The van der Waals surface area contributed by atoms with Gasteiger partial charge < -0.3 is 5.32 Å². The first kappa shape index (κ1) is 13.3. The first-order valence-corrected chi connectivity index (χ1v) is 7.30. The van der Waals surface area contributed by atoms with Crippen LogP contribution in [-0.2, 0) is 0 Å². The van der Waals surface area contributed by atoms with Crippen LogP contribution in [0.5, 0.6) is 0 Å². The monoisotopic (exact) mass is 268 g/mol. The number of hydrogen-bond acceptors (Lipinski definition) is 3. The van der Waals surface area contributed by atoms with Crippen molar-refractivity contribution in [2.45, 2.75) is 37.5 Å². The lowest BCUT2D eigenvalue weighted by Gasteiger charge is -2.20. The Morgan fingerprint density at radius 3 is 3.17 bits per heavy atom. The third-order valence-electron chi connectivity index (χ3n) is 3.15. The van der Waals surface area contributed by atoms with Gasteiger partial charge in [0.1, 0.15) is 0 Å². The zero-order valence-corrected chi connectivity index (χ0v) is 11.2. The Morgan fingerprint density at radius 1 is 1.61 bits per heavy atom. The summed E-state index contributed by atoms with van der Waals surface area (Å²) in [5.74, 6) is -0.0138. The molecular formula is C13H17FN2OS. The molecule has 1 fully saturated rings. The van der Waals surface area contributed by atoms with Crippen molar-refractivity contribution in [3.05, 3.63) is 29.8 Å². The molecule has 1 N–H and O–H groups in total. The Bertz CT molecular complexity index is 427. The summed E-state index contributed by atoms with van der Waals surface area (Å²) in [6.07, 6.45) is 4.57. The second kappa shape index (κ2) is 6.18. The van der Waals surface area contributed by atoms with E-state index in [1.807, 2.05) is 11.8 Å². The van der Waals surface area contributed by atoms with Crippen LogP contribution in [0.3, 0.4) is 0 Å². The minimum Gasteiger partial charge on any atom is -0.348 e. The number of halogens is 1. The molecule has 1 heterocycles. The summed E-state index contributed by atoms with van der Waals surface area (Å²) in [4.78, 5) is 15.5. The molecule has 1 aliphatic rings. The Labute approximate surface area is 111 Å². The number of pyridine rings is 1. The standard InChI is InChI=1S/C13H17FN2OS/c1-2-18-11-7-3-6-10(11)16-13(17)9-5-4-8-15-12(9)14/h4-5,8,10-11H,2-3,6-7H2,1H3,(H,16,17). The van der Waals surface area contributed by atoms with Crippen LogP contribution in [0.25, 0.3) is 0 Å². The second-order valence-electron chi connectivity index (χ2n) is 4.35. The van der Waals surface area contributed by atoms with Crippen molar-refractivity contribution in [2.75, 3.05) is 5.75 Å². The highest BCUT2D eigenvalue weighted by Gasteiger charge is 2.29. The van der Waals surface area contributed by atoms with E-state index in [0.29, 0.717) is 5.25 Å². The second-order valence-corrected chi connectivity index (χ2v) is 5.86. The molecular weight excluding hydrogens is 251 g/mol. The molecule has 2 unspecified atom stereocenters. The Balaban J connectivity index is 2.01. The smallest absolute Gasteiger partial charge is 0.256 e. The van der Waals surface area contributed by atoms with Gasteiger partial charge in [-0.15, -0.1) is 0 Å². The molecule has 0 radical (unpaired) electrons. The van der Waals surface area contributed by atoms with Crippen molar-refractivity contribution in [3.8, 4) is 0 Å². The van der Waals surface area contributed by atoms with Gasteiger partial charge in [-0.2, -0.15) is 16.2 Å². The zero-order chi connectivity index (χ0) is 13.0. The summed E-state index contributed by atoms with van der Waals surface area (Å²) in [5, 5.41) is 3.39. The highest BCUT2D eigenvalue weighted by Crippen LogP contribution is 2.30. The van der Waals surface area contributed by atoms with E-state index in [1.165, 1.54) is 12.3 Å². The average molecular weight is 268 g/mol. The van der Waals surface area contributed by atoms with E-state index in [2.05, 4.69) is 17.2 Å². The number of thioether (sulfide) groups is 1. The van der Waals surface area contributed by atoms with E-state index in [-0.39, 0.29) is 17.5 Å². The lowest BCUT2D eigenvalue weighted by molar-refractivity contribution is 0.0933. The van der Waals surface area contributed by atoms with Crippen LogP contribution < -0.4 is 5.32 Å². The van der Waals surface area contributed by atoms with E-state index >= 15 is 0 Å². The van der Waals surface area contributed by atoms with Gasteiger partial charge in [-0.05, 0) is 30.7 Å². The number of amides is 1. The van der Waals surface area contributed by atoms with Crippen LogP contribution >= 0.6 is 11.8 Å². The molecule has 1 amide bonds. The number of carbonyl (C=O) groups is 1. The van der Waals surface area contributed by atoms with Gasteiger partial charge in [0.05, 0.1) is 5.56 Å². The molecule has 2 rings (SSSR count). The van der Waals surface area contributed by atoms with Crippen LogP contribution in [0, 0.1) is 5.95 Å². The lowest BCUT2D eigenvalue weighted by Crippen LogP contribution is -2.39. The number of nitrogens with one attached hydrogen (secondary N) is 1. The maximum absolute atomic E-state index is 13.4. The predicted octanol–water partition coefficient (Wildman–Crippen LogP) is 2.62. The highest BCUT2D eigenvalue weighted by atomic mass is 32.2. The summed E-state index contributed by atoms with van der Waals surface area (Å²) < 4.78 is 13.4. The minimum atomic E-state index is -0.701. The van der Waals surface area contributed by atoms with E-state index in [4.69, 9.17) is 0 Å². The summed E-state index contributed by atoms with van der Waals surface area (Å²) in [6, 6.07) is 3.20. The molecule has 1 aromatic rings. The van der Waals surface area contributed by atoms with Gasteiger partial charge >= 0.3 is 0 Å². The Morgan fingerprint density at radius 2 is 2.44 bits per heavy atom. The molecule has 0 bridgehead atoms. The van der Waals surface area contributed by atoms with Crippen LogP contribution in [-0.4, -0.2) is 27.9 Å². The number of hydrogen-bond donors (Lipinski definition) is 1. The van der Waals surface area contributed by atoms with E-state index in [9.17, 15) is 9.18 Å². The van der Waals surface area contributed by atoms with Crippen molar-refractivity contribution >= 4 is 17.7 Å². The third-order valence-corrected chi connectivity index (χ3v) is 4.48. The van der Waals surface area contributed by atoms with E-state index in [1.54, 1.807) is 6.07 Å². The zero-order valence-electron chi connectivity index (χ0n) is 10.4. The molecule has 2 atom stereocenters. The molecule has 0 aliphatic heterocycles. The molecule has 1 aliphatic carbocycles. The van der Waals surface area contributed by atoms with E-state index < -0.39 is 5.95 Å². The molecule has 98 valence electrons. The number of nitrogens with zero attached hydrogens (tertiary/aromatic N) is 1. The summed E-state index contributed by atoms with van der Waals surface area (Å²) >= 11 is 1.86. The number of aromatic nitrogens is 1. The summed E-state index contributed by atoms with van der Waals surface area (Å²) in [5.41, 5.74) is 0.0321. The summed E-state index contributed by atoms with van der Waals surface area (Å²) in [6.45, 7) is 2.11. The van der Waals surface area contributed by atoms with Gasteiger partial charge in [0, 0.05) is 17.5 Å². The van der Waals surface area contributed by atoms with Crippen molar-refractivity contribution in [1.29, 1.82) is 0 Å². The van der Waals surface area contributed by atoms with Gasteiger partial charge in [0.2, 0.25) is 5.95 Å². The van der Waals surface area contributed by atoms with Crippen molar-refractivity contribution in [1.82, 2.24) is 10.3 Å². The first-order chi connectivity index (χ1) is 8.72. The van der Waals surface area contributed by atoms with Crippen molar-refractivity contribution in [2.24, 2.45) is 0 Å².